The van der Waals surface area contributed by atoms with Crippen molar-refractivity contribution in [1.29, 1.82) is 0 Å². The van der Waals surface area contributed by atoms with Gasteiger partial charge >= 0.3 is 0 Å². The van der Waals surface area contributed by atoms with Gasteiger partial charge in [0, 0.05) is 12.5 Å². The Labute approximate surface area is 202 Å². The fourth-order valence-electron chi connectivity index (χ4n) is 10.7. The van der Waals surface area contributed by atoms with Gasteiger partial charge in [-0.2, -0.15) is 0 Å². The molecule has 0 bridgehead atoms. The van der Waals surface area contributed by atoms with Crippen molar-refractivity contribution in [2.45, 2.75) is 118 Å². The molecule has 33 heavy (non-hydrogen) atoms. The molecule has 3 heteroatoms. The maximum atomic E-state index is 11.9. The van der Waals surface area contributed by atoms with Gasteiger partial charge in [0.25, 0.3) is 0 Å². The first-order valence-electron chi connectivity index (χ1n) is 13.9. The molecule has 0 amide bonds. The molecule has 4 saturated carbocycles. The lowest BCUT2D eigenvalue weighted by Gasteiger charge is -2.72. The minimum absolute atomic E-state index is 0.000849. The average Bonchev–Trinajstić information content (AvgIpc) is 2.74. The minimum atomic E-state index is -0.415. The third-order valence-electron chi connectivity index (χ3n) is 13.2. The van der Waals surface area contributed by atoms with Crippen molar-refractivity contribution in [2.75, 3.05) is 6.61 Å². The topological polar surface area (TPSA) is 60.7 Å². The zero-order valence-corrected chi connectivity index (χ0v) is 22.4. The second-order valence-corrected chi connectivity index (χ2v) is 15.2. The summed E-state index contributed by atoms with van der Waals surface area (Å²) >= 11 is 0. The van der Waals surface area contributed by atoms with E-state index in [0.717, 1.165) is 38.5 Å². The summed E-state index contributed by atoms with van der Waals surface area (Å²) in [5, 5.41) is 33.0. The van der Waals surface area contributed by atoms with Gasteiger partial charge in [-0.25, -0.2) is 0 Å². The van der Waals surface area contributed by atoms with Crippen LogP contribution in [0.1, 0.15) is 106 Å². The quantitative estimate of drug-likeness (QED) is 0.415. The summed E-state index contributed by atoms with van der Waals surface area (Å²) in [5.74, 6) is 1.15. The van der Waals surface area contributed by atoms with Crippen LogP contribution in [-0.4, -0.2) is 34.1 Å². The van der Waals surface area contributed by atoms with Crippen LogP contribution < -0.4 is 0 Å². The highest BCUT2D eigenvalue weighted by Crippen LogP contribution is 2.75. The zero-order valence-electron chi connectivity index (χ0n) is 22.4. The Morgan fingerprint density at radius 2 is 1.52 bits per heavy atom. The molecular formula is C30H50O3. The third kappa shape index (κ3) is 2.97. The molecule has 0 heterocycles. The average molecular weight is 459 g/mol. The van der Waals surface area contributed by atoms with E-state index in [0.29, 0.717) is 17.3 Å². The van der Waals surface area contributed by atoms with Crippen LogP contribution in [0.25, 0.3) is 0 Å². The first-order chi connectivity index (χ1) is 15.2. The number of allylic oxidation sites excluding steroid dienone is 1. The third-order valence-corrected chi connectivity index (χ3v) is 13.2. The van der Waals surface area contributed by atoms with Gasteiger partial charge in [0.1, 0.15) is 0 Å². The molecule has 3 N–H and O–H groups in total. The summed E-state index contributed by atoms with van der Waals surface area (Å²) in [7, 11) is 0. The molecule has 10 atom stereocenters. The molecule has 0 aromatic carbocycles. The minimum Gasteiger partial charge on any atom is -0.396 e. The van der Waals surface area contributed by atoms with Gasteiger partial charge < -0.3 is 15.3 Å². The van der Waals surface area contributed by atoms with E-state index in [1.54, 1.807) is 0 Å². The normalized spacial score (nSPS) is 57.8. The molecule has 0 aromatic heterocycles. The fraction of sp³-hybridized carbons (Fsp3) is 0.933. The van der Waals surface area contributed by atoms with Crippen molar-refractivity contribution in [2.24, 2.45) is 50.2 Å². The molecule has 188 valence electrons. The van der Waals surface area contributed by atoms with E-state index in [9.17, 15) is 15.3 Å². The monoisotopic (exact) mass is 458 g/mol. The standard InChI is InChI=1S/C30H50O3/c1-25(2)22-8-11-30(7)24(28(22,5)10-9-23(25)33)21(32)16-19-20-17-26(3,18-31)12-13-27(20,4)14-15-29(19,30)6/h16,20-24,31-33H,8-15,17-18H2,1-7H3/t20-,21?,22?,23?,24?,26-,27+,28-,29+,30+/m0/s1. The van der Waals surface area contributed by atoms with Gasteiger partial charge in [-0.15, -0.1) is 0 Å². The van der Waals surface area contributed by atoms with Crippen molar-refractivity contribution >= 4 is 0 Å². The summed E-state index contributed by atoms with van der Waals surface area (Å²) in [5.41, 5.74) is 1.93. The van der Waals surface area contributed by atoms with Gasteiger partial charge in [0.2, 0.25) is 0 Å². The Kier molecular flexibility index (Phi) is 5.23. The van der Waals surface area contributed by atoms with Gasteiger partial charge in [0.05, 0.1) is 12.2 Å². The Morgan fingerprint density at radius 3 is 2.18 bits per heavy atom. The first-order valence-corrected chi connectivity index (χ1v) is 13.9. The Hall–Kier alpha value is -0.380. The van der Waals surface area contributed by atoms with Crippen LogP contribution in [0.2, 0.25) is 0 Å². The lowest BCUT2D eigenvalue weighted by molar-refractivity contribution is -0.224. The van der Waals surface area contributed by atoms with E-state index in [2.05, 4.69) is 54.5 Å². The van der Waals surface area contributed by atoms with Crippen LogP contribution in [0, 0.1) is 50.2 Å². The van der Waals surface area contributed by atoms with Crippen LogP contribution in [0.5, 0.6) is 0 Å². The van der Waals surface area contributed by atoms with E-state index >= 15 is 0 Å². The molecule has 5 rings (SSSR count). The molecule has 5 aliphatic carbocycles. The van der Waals surface area contributed by atoms with E-state index in [-0.39, 0.29) is 45.7 Å². The zero-order chi connectivity index (χ0) is 24.2. The smallest absolute Gasteiger partial charge is 0.0762 e. The van der Waals surface area contributed by atoms with Crippen LogP contribution >= 0.6 is 0 Å². The highest BCUT2D eigenvalue weighted by molar-refractivity contribution is 5.35. The number of rotatable bonds is 1. The van der Waals surface area contributed by atoms with E-state index in [1.807, 2.05) is 0 Å². The molecule has 0 aromatic rings. The summed E-state index contributed by atoms with van der Waals surface area (Å²) in [6.45, 7) is 17.1. The molecule has 0 aliphatic heterocycles. The molecule has 5 aliphatic rings. The number of hydrogen-bond acceptors (Lipinski definition) is 3. The predicted molar refractivity (Wildman–Crippen MR) is 134 cm³/mol. The van der Waals surface area contributed by atoms with Crippen molar-refractivity contribution < 1.29 is 15.3 Å². The lowest BCUT2D eigenvalue weighted by Crippen LogP contribution is -2.67. The van der Waals surface area contributed by atoms with Crippen LogP contribution in [0.3, 0.4) is 0 Å². The predicted octanol–water partition coefficient (Wildman–Crippen LogP) is 6.11. The van der Waals surface area contributed by atoms with Crippen molar-refractivity contribution in [1.82, 2.24) is 0 Å². The molecule has 3 nitrogen and oxygen atoms in total. The van der Waals surface area contributed by atoms with Gasteiger partial charge in [-0.1, -0.05) is 60.1 Å². The van der Waals surface area contributed by atoms with Crippen molar-refractivity contribution in [3.63, 3.8) is 0 Å². The lowest BCUT2D eigenvalue weighted by atomic mass is 9.33. The highest BCUT2D eigenvalue weighted by atomic mass is 16.3. The molecule has 0 radical (unpaired) electrons. The highest BCUT2D eigenvalue weighted by Gasteiger charge is 2.69. The Bertz CT molecular complexity index is 847. The number of hydrogen-bond donors (Lipinski definition) is 3. The number of fused-ring (bicyclic) bond motifs is 7. The van der Waals surface area contributed by atoms with Crippen molar-refractivity contribution in [3.8, 4) is 0 Å². The summed E-state index contributed by atoms with van der Waals surface area (Å²) in [4.78, 5) is 0. The van der Waals surface area contributed by atoms with Gasteiger partial charge in [-0.05, 0) is 102 Å². The summed E-state index contributed by atoms with van der Waals surface area (Å²) in [6.07, 6.45) is 11.6. The molecular weight excluding hydrogens is 408 g/mol. The van der Waals surface area contributed by atoms with Gasteiger partial charge in [-0.3, -0.25) is 0 Å². The number of aliphatic hydroxyl groups is 3. The first kappa shape index (κ1) is 24.3. The van der Waals surface area contributed by atoms with Crippen LogP contribution in [0.4, 0.5) is 0 Å². The van der Waals surface area contributed by atoms with Gasteiger partial charge in [0.15, 0.2) is 0 Å². The SMILES string of the molecule is CC1(C)C(O)CC[C@@]2(C)C1CC[C@]1(C)C2C(O)C=C2[C@@H]3C[C@@](C)(CO)CC[C@]3(C)CC[C@]21C. The maximum absolute atomic E-state index is 11.9. The molecule has 0 saturated heterocycles. The fourth-order valence-corrected chi connectivity index (χ4v) is 10.7. The molecule has 4 unspecified atom stereocenters. The maximum Gasteiger partial charge on any atom is 0.0762 e. The Balaban J connectivity index is 1.61. The van der Waals surface area contributed by atoms with E-state index in [1.165, 1.54) is 24.8 Å². The van der Waals surface area contributed by atoms with Crippen molar-refractivity contribution in [3.05, 3.63) is 11.6 Å². The summed E-state index contributed by atoms with van der Waals surface area (Å²) < 4.78 is 0. The Morgan fingerprint density at radius 1 is 0.848 bits per heavy atom. The van der Waals surface area contributed by atoms with Crippen LogP contribution in [0.15, 0.2) is 11.6 Å². The molecule has 0 spiro atoms. The van der Waals surface area contributed by atoms with E-state index in [4.69, 9.17) is 0 Å². The number of aliphatic hydroxyl groups excluding tert-OH is 3. The second kappa shape index (κ2) is 7.10. The molecule has 4 fully saturated rings. The largest absolute Gasteiger partial charge is 0.396 e. The van der Waals surface area contributed by atoms with Crippen LogP contribution in [-0.2, 0) is 0 Å². The van der Waals surface area contributed by atoms with E-state index < -0.39 is 6.10 Å². The second-order valence-electron chi connectivity index (χ2n) is 15.2. The summed E-state index contributed by atoms with van der Waals surface area (Å²) in [6, 6.07) is 0.